The number of hydrogen-bond donors (Lipinski definition) is 2. The smallest absolute Gasteiger partial charge is 0.410 e. The number of piperidine rings is 2. The first kappa shape index (κ1) is 33.2. The Labute approximate surface area is 234 Å². The minimum Gasteiger partial charge on any atom is -0.444 e. The van der Waals surface area contributed by atoms with Crippen LogP contribution in [0.15, 0.2) is 6.33 Å². The van der Waals surface area contributed by atoms with Crippen molar-refractivity contribution >= 4 is 18.1 Å². The maximum Gasteiger partial charge on any atom is 0.410 e. The number of hydrogen-bond acceptors (Lipinski definition) is 8. The van der Waals surface area contributed by atoms with E-state index in [2.05, 4.69) is 10.2 Å². The van der Waals surface area contributed by atoms with Gasteiger partial charge in [0.15, 0.2) is 17.2 Å². The van der Waals surface area contributed by atoms with Crippen molar-refractivity contribution < 1.29 is 32.6 Å². The van der Waals surface area contributed by atoms with E-state index in [-0.39, 0.29) is 38.3 Å². The third-order valence-electron chi connectivity index (χ3n) is 6.71. The molecule has 2 fully saturated rings. The predicted molar refractivity (Wildman–Crippen MR) is 143 cm³/mol. The molecule has 0 aliphatic carbocycles. The lowest BCUT2D eigenvalue weighted by Crippen LogP contribution is -2.57. The largest absolute Gasteiger partial charge is 0.444 e. The highest BCUT2D eigenvalue weighted by Gasteiger charge is 2.47. The number of carbonyl (C=O) groups excluding carboxylic acids is 3. The molecule has 0 bridgehead atoms. The number of nitrogens with two attached hydrogens (primary N) is 1. The number of aromatic nitrogens is 3. The Morgan fingerprint density at radius 2 is 1.43 bits per heavy atom. The summed E-state index contributed by atoms with van der Waals surface area (Å²) in [6.45, 7) is 14.7. The van der Waals surface area contributed by atoms with E-state index in [4.69, 9.17) is 15.3 Å². The fourth-order valence-corrected chi connectivity index (χ4v) is 4.81. The fraction of sp³-hybridized carbons (Fsp3) is 0.808. The number of halogens is 2. The van der Waals surface area contributed by atoms with Crippen molar-refractivity contribution in [2.24, 2.45) is 12.9 Å². The number of carbonyl (C=O) groups is 3. The SMILES string of the molecule is C[C@H]1C[C@](F)(C(=O)NN)CCN1C(=O)OC(C)(C)C.C[C@H]1C[C@](F)(c2nncn2C)CCN1C(=O)OC(C)(C)C. The van der Waals surface area contributed by atoms with Gasteiger partial charge in [0.2, 0.25) is 0 Å². The summed E-state index contributed by atoms with van der Waals surface area (Å²) in [4.78, 5) is 38.5. The Hall–Kier alpha value is -3.03. The van der Waals surface area contributed by atoms with Crippen LogP contribution in [0.3, 0.4) is 0 Å². The molecular formula is C26H45F2N7O5. The highest BCUT2D eigenvalue weighted by atomic mass is 19.1. The number of hydrazine groups is 1. The number of nitrogens with zero attached hydrogens (tertiary/aromatic N) is 5. The van der Waals surface area contributed by atoms with Gasteiger partial charge in [-0.05, 0) is 55.4 Å². The standard InChI is InChI=1S/C14H23FN4O2.C12H22FN3O3/c1-10-8-14(15,11-17-16-9-18(11)5)6-7-19(10)12(20)21-13(2,3)4;1-8-7-12(13,9(17)15-14)5-6-16(8)10(18)19-11(2,3)4/h9-10H,6-8H2,1-5H3;8H,5-7,14H2,1-4H3,(H,15,17)/t10-,14-;8-,12-/m00/s1. The van der Waals surface area contributed by atoms with E-state index in [1.54, 1.807) is 44.2 Å². The van der Waals surface area contributed by atoms with Gasteiger partial charge in [0.25, 0.3) is 5.91 Å². The molecule has 0 radical (unpaired) electrons. The molecule has 3 amide bonds. The number of amides is 3. The zero-order chi connectivity index (χ0) is 30.7. The fourth-order valence-electron chi connectivity index (χ4n) is 4.81. The summed E-state index contributed by atoms with van der Waals surface area (Å²) in [7, 11) is 1.72. The van der Waals surface area contributed by atoms with Crippen LogP contribution in [0.2, 0.25) is 0 Å². The molecule has 2 saturated heterocycles. The van der Waals surface area contributed by atoms with Crippen LogP contribution in [-0.4, -0.2) is 84.7 Å². The Morgan fingerprint density at radius 3 is 1.80 bits per heavy atom. The molecule has 3 N–H and O–H groups in total. The average molecular weight is 574 g/mol. The molecule has 1 aromatic rings. The van der Waals surface area contributed by atoms with Gasteiger partial charge in [-0.15, -0.1) is 10.2 Å². The summed E-state index contributed by atoms with van der Waals surface area (Å²) in [5.41, 5.74) is -2.90. The Bertz CT molecular complexity index is 1060. The van der Waals surface area contributed by atoms with Gasteiger partial charge < -0.3 is 23.8 Å². The summed E-state index contributed by atoms with van der Waals surface area (Å²) in [6.07, 6.45) is 0.823. The zero-order valence-electron chi connectivity index (χ0n) is 25.1. The van der Waals surface area contributed by atoms with E-state index in [1.165, 1.54) is 11.2 Å². The molecular weight excluding hydrogens is 528 g/mol. The molecule has 0 unspecified atom stereocenters. The van der Waals surface area contributed by atoms with E-state index in [1.807, 2.05) is 33.1 Å². The highest BCUT2D eigenvalue weighted by Crippen LogP contribution is 2.38. The van der Waals surface area contributed by atoms with Crippen LogP contribution in [0.5, 0.6) is 0 Å². The van der Waals surface area contributed by atoms with Crippen LogP contribution >= 0.6 is 0 Å². The number of rotatable bonds is 2. The third kappa shape index (κ3) is 8.48. The molecule has 4 atom stereocenters. The topological polar surface area (TPSA) is 145 Å². The lowest BCUT2D eigenvalue weighted by atomic mass is 9.88. The average Bonchev–Trinajstić information content (AvgIpc) is 3.23. The Morgan fingerprint density at radius 1 is 0.950 bits per heavy atom. The quantitative estimate of drug-likeness (QED) is 0.311. The van der Waals surface area contributed by atoms with Gasteiger partial charge in [-0.2, -0.15) is 0 Å². The molecule has 0 saturated carbocycles. The van der Waals surface area contributed by atoms with Gasteiger partial charge >= 0.3 is 12.2 Å². The molecule has 3 rings (SSSR count). The maximum atomic E-state index is 15.1. The van der Waals surface area contributed by atoms with Crippen molar-refractivity contribution in [1.29, 1.82) is 0 Å². The molecule has 0 aromatic carbocycles. The van der Waals surface area contributed by atoms with Crippen molar-refractivity contribution in [2.45, 2.75) is 116 Å². The van der Waals surface area contributed by atoms with Crippen molar-refractivity contribution in [3.05, 3.63) is 12.2 Å². The van der Waals surface area contributed by atoms with E-state index in [0.29, 0.717) is 12.4 Å². The second kappa shape index (κ2) is 12.2. The second-order valence-corrected chi connectivity index (χ2v) is 12.6. The maximum absolute atomic E-state index is 15.1. The van der Waals surface area contributed by atoms with Crippen molar-refractivity contribution in [3.63, 3.8) is 0 Å². The first-order valence-corrected chi connectivity index (χ1v) is 13.4. The van der Waals surface area contributed by atoms with E-state index >= 15 is 4.39 Å². The summed E-state index contributed by atoms with van der Waals surface area (Å²) in [5.74, 6) is 4.44. The Kier molecular flexibility index (Phi) is 10.1. The van der Waals surface area contributed by atoms with Crippen molar-refractivity contribution in [1.82, 2.24) is 30.0 Å². The molecule has 228 valence electrons. The zero-order valence-corrected chi connectivity index (χ0v) is 25.1. The monoisotopic (exact) mass is 573 g/mol. The third-order valence-corrected chi connectivity index (χ3v) is 6.71. The van der Waals surface area contributed by atoms with Crippen LogP contribution in [-0.2, 0) is 27.0 Å². The second-order valence-electron chi connectivity index (χ2n) is 12.6. The summed E-state index contributed by atoms with van der Waals surface area (Å²) >= 11 is 0. The first-order valence-electron chi connectivity index (χ1n) is 13.4. The number of nitrogens with one attached hydrogen (secondary N) is 1. The van der Waals surface area contributed by atoms with E-state index in [9.17, 15) is 18.8 Å². The first-order chi connectivity index (χ1) is 18.2. The summed E-state index contributed by atoms with van der Waals surface area (Å²) < 4.78 is 41.6. The lowest BCUT2D eigenvalue weighted by Gasteiger charge is -2.40. The molecule has 1 aromatic heterocycles. The molecule has 12 nitrogen and oxygen atoms in total. The molecule has 40 heavy (non-hydrogen) atoms. The molecule has 3 heterocycles. The molecule has 2 aliphatic heterocycles. The number of likely N-dealkylation sites (tertiary alicyclic amines) is 2. The highest BCUT2D eigenvalue weighted by molar-refractivity contribution is 5.85. The molecule has 0 spiro atoms. The minimum absolute atomic E-state index is 0.0837. The lowest BCUT2D eigenvalue weighted by molar-refractivity contribution is -0.137. The van der Waals surface area contributed by atoms with Crippen LogP contribution in [0.25, 0.3) is 0 Å². The van der Waals surface area contributed by atoms with Crippen molar-refractivity contribution in [2.75, 3.05) is 13.1 Å². The normalized spacial score (nSPS) is 27.3. The predicted octanol–water partition coefficient (Wildman–Crippen LogP) is 3.50. The summed E-state index contributed by atoms with van der Waals surface area (Å²) in [5, 5.41) is 7.62. The van der Waals surface area contributed by atoms with Crippen LogP contribution in [0.1, 0.15) is 86.9 Å². The van der Waals surface area contributed by atoms with Gasteiger partial charge in [0, 0.05) is 57.9 Å². The van der Waals surface area contributed by atoms with Crippen LogP contribution < -0.4 is 11.3 Å². The van der Waals surface area contributed by atoms with Gasteiger partial charge in [0.1, 0.15) is 17.5 Å². The number of alkyl halides is 2. The van der Waals surface area contributed by atoms with Crippen molar-refractivity contribution in [3.8, 4) is 0 Å². The number of ether oxygens (including phenoxy) is 2. The van der Waals surface area contributed by atoms with Gasteiger partial charge in [-0.3, -0.25) is 10.2 Å². The van der Waals surface area contributed by atoms with E-state index in [0.717, 1.165) is 0 Å². The molecule has 2 aliphatic rings. The van der Waals surface area contributed by atoms with Gasteiger partial charge in [-0.25, -0.2) is 24.2 Å². The van der Waals surface area contributed by atoms with Crippen LogP contribution in [0.4, 0.5) is 18.4 Å². The number of aryl methyl sites for hydroxylation is 1. The van der Waals surface area contributed by atoms with E-state index < -0.39 is 46.7 Å². The van der Waals surface area contributed by atoms with Crippen LogP contribution in [0, 0.1) is 0 Å². The summed E-state index contributed by atoms with van der Waals surface area (Å²) in [6, 6.07) is -0.679. The molecule has 14 heteroatoms. The van der Waals surface area contributed by atoms with Gasteiger partial charge in [-0.1, -0.05) is 0 Å². The Balaban J connectivity index is 0.000000282. The van der Waals surface area contributed by atoms with Gasteiger partial charge in [0.05, 0.1) is 0 Å². The minimum atomic E-state index is -2.02.